The van der Waals surface area contributed by atoms with Crippen LogP contribution in [0.2, 0.25) is 0 Å². The Morgan fingerprint density at radius 1 is 1.50 bits per heavy atom. The highest BCUT2D eigenvalue weighted by Crippen LogP contribution is 2.37. The molecule has 1 aliphatic heterocycles. The van der Waals surface area contributed by atoms with Crippen molar-refractivity contribution >= 4 is 0 Å². The molecule has 2 aliphatic rings. The third-order valence-electron chi connectivity index (χ3n) is 4.31. The van der Waals surface area contributed by atoms with E-state index < -0.39 is 0 Å². The van der Waals surface area contributed by atoms with Gasteiger partial charge in [-0.1, -0.05) is 6.92 Å². The number of likely N-dealkylation sites (tertiary alicyclic amines) is 1. The van der Waals surface area contributed by atoms with Gasteiger partial charge in [0.1, 0.15) is 0 Å². The molecule has 3 heteroatoms. The lowest BCUT2D eigenvalue weighted by molar-refractivity contribution is 0.235. The molecule has 1 saturated heterocycles. The smallest absolute Gasteiger partial charge is 0.0449 e. The summed E-state index contributed by atoms with van der Waals surface area (Å²) in [6.45, 7) is 8.78. The number of rotatable bonds is 5. The van der Waals surface area contributed by atoms with Crippen molar-refractivity contribution in [3.05, 3.63) is 0 Å². The van der Waals surface area contributed by atoms with Gasteiger partial charge in [-0.15, -0.1) is 0 Å². The number of hydrogen-bond donors (Lipinski definition) is 2. The van der Waals surface area contributed by atoms with E-state index >= 15 is 0 Å². The van der Waals surface area contributed by atoms with Gasteiger partial charge in [0.15, 0.2) is 0 Å². The fourth-order valence-corrected chi connectivity index (χ4v) is 3.08. The van der Waals surface area contributed by atoms with Gasteiger partial charge < -0.3 is 11.1 Å². The van der Waals surface area contributed by atoms with E-state index in [1.54, 1.807) is 0 Å². The Hall–Kier alpha value is -0.120. The quantitative estimate of drug-likeness (QED) is 0.741. The van der Waals surface area contributed by atoms with Crippen LogP contribution in [0.3, 0.4) is 0 Å². The maximum Gasteiger partial charge on any atom is 0.0449 e. The van der Waals surface area contributed by atoms with Gasteiger partial charge in [-0.05, 0) is 39.5 Å². The van der Waals surface area contributed by atoms with Crippen LogP contribution >= 0.6 is 0 Å². The minimum absolute atomic E-state index is 0.178. The topological polar surface area (TPSA) is 41.3 Å². The first-order valence-corrected chi connectivity index (χ1v) is 6.84. The second kappa shape index (κ2) is 4.63. The Kier molecular flexibility index (Phi) is 3.57. The highest BCUT2D eigenvalue weighted by molar-refractivity contribution is 5.06. The fraction of sp³-hybridized carbons (Fsp3) is 1.00. The molecule has 0 spiro atoms. The van der Waals surface area contributed by atoms with Crippen LogP contribution in [-0.4, -0.2) is 41.7 Å². The third-order valence-corrected chi connectivity index (χ3v) is 4.31. The molecule has 2 fully saturated rings. The van der Waals surface area contributed by atoms with Crippen molar-refractivity contribution in [3.8, 4) is 0 Å². The van der Waals surface area contributed by atoms with Crippen molar-refractivity contribution in [1.82, 2.24) is 10.2 Å². The summed E-state index contributed by atoms with van der Waals surface area (Å²) in [7, 11) is 0. The number of nitrogens with two attached hydrogens (primary N) is 1. The number of nitrogens with zero attached hydrogens (tertiary/aromatic N) is 1. The molecule has 1 heterocycles. The Bertz CT molecular complexity index is 239. The van der Waals surface area contributed by atoms with Crippen LogP contribution < -0.4 is 11.1 Å². The van der Waals surface area contributed by atoms with Crippen LogP contribution in [0.1, 0.15) is 46.5 Å². The predicted molar refractivity (Wildman–Crippen MR) is 68.5 cm³/mol. The van der Waals surface area contributed by atoms with Crippen LogP contribution in [0.15, 0.2) is 0 Å². The van der Waals surface area contributed by atoms with Crippen LogP contribution in [-0.2, 0) is 0 Å². The first-order valence-electron chi connectivity index (χ1n) is 6.84. The molecular formula is C13H27N3. The molecule has 1 saturated carbocycles. The monoisotopic (exact) mass is 225 g/mol. The second-order valence-corrected chi connectivity index (χ2v) is 5.89. The Labute approximate surface area is 99.8 Å². The Morgan fingerprint density at radius 3 is 2.69 bits per heavy atom. The van der Waals surface area contributed by atoms with Crippen molar-refractivity contribution in [2.24, 2.45) is 5.73 Å². The van der Waals surface area contributed by atoms with Crippen LogP contribution in [0, 0.1) is 0 Å². The molecule has 94 valence electrons. The lowest BCUT2D eigenvalue weighted by Gasteiger charge is -2.32. The van der Waals surface area contributed by atoms with Crippen molar-refractivity contribution in [1.29, 1.82) is 0 Å². The molecule has 16 heavy (non-hydrogen) atoms. The highest BCUT2D eigenvalue weighted by atomic mass is 15.3. The number of hydrogen-bond acceptors (Lipinski definition) is 3. The van der Waals surface area contributed by atoms with Crippen LogP contribution in [0.25, 0.3) is 0 Å². The first kappa shape index (κ1) is 12.3. The molecule has 2 rings (SSSR count). The predicted octanol–water partition coefficient (Wildman–Crippen LogP) is 1.33. The van der Waals surface area contributed by atoms with Gasteiger partial charge in [0, 0.05) is 36.8 Å². The molecular weight excluding hydrogens is 198 g/mol. The van der Waals surface area contributed by atoms with E-state index in [4.69, 9.17) is 5.73 Å². The van der Waals surface area contributed by atoms with Crippen LogP contribution in [0.5, 0.6) is 0 Å². The van der Waals surface area contributed by atoms with E-state index in [2.05, 4.69) is 31.0 Å². The summed E-state index contributed by atoms with van der Waals surface area (Å²) in [5.41, 5.74) is 6.21. The average Bonchev–Trinajstić information content (AvgIpc) is 3.05. The normalized spacial score (nSPS) is 37.9. The summed E-state index contributed by atoms with van der Waals surface area (Å²) in [4.78, 5) is 2.67. The number of nitrogens with one attached hydrogen (secondary N) is 1. The van der Waals surface area contributed by atoms with Crippen molar-refractivity contribution in [2.45, 2.75) is 70.1 Å². The minimum atomic E-state index is 0.178. The summed E-state index contributed by atoms with van der Waals surface area (Å²) in [6.07, 6.45) is 5.19. The maximum atomic E-state index is 6.03. The summed E-state index contributed by atoms with van der Waals surface area (Å²) in [5.74, 6) is 0. The molecule has 0 aromatic heterocycles. The molecule has 3 unspecified atom stereocenters. The minimum Gasteiger partial charge on any atom is -0.329 e. The van der Waals surface area contributed by atoms with E-state index in [0.717, 1.165) is 19.1 Å². The molecule has 1 aliphatic carbocycles. The molecule has 3 nitrogen and oxygen atoms in total. The molecule has 0 radical (unpaired) electrons. The molecule has 3 atom stereocenters. The van der Waals surface area contributed by atoms with E-state index in [1.807, 2.05) is 0 Å². The van der Waals surface area contributed by atoms with E-state index in [-0.39, 0.29) is 5.54 Å². The van der Waals surface area contributed by atoms with Crippen molar-refractivity contribution in [2.75, 3.05) is 13.1 Å². The van der Waals surface area contributed by atoms with Crippen molar-refractivity contribution in [3.63, 3.8) is 0 Å². The molecule has 0 aromatic carbocycles. The fourth-order valence-electron chi connectivity index (χ4n) is 3.08. The van der Waals surface area contributed by atoms with Crippen molar-refractivity contribution < 1.29 is 0 Å². The van der Waals surface area contributed by atoms with Gasteiger partial charge in [-0.25, -0.2) is 0 Å². The Morgan fingerprint density at radius 2 is 2.19 bits per heavy atom. The second-order valence-electron chi connectivity index (χ2n) is 5.89. The standard InChI is InChI=1S/C13H27N3/c1-4-10(2)15-13(8-14)7-11(3)16(9-13)12-5-6-12/h10-12,15H,4-9,14H2,1-3H3. The zero-order valence-corrected chi connectivity index (χ0v) is 11.0. The third kappa shape index (κ3) is 2.41. The molecule has 0 amide bonds. The summed E-state index contributed by atoms with van der Waals surface area (Å²) in [6, 6.07) is 2.14. The lowest BCUT2D eigenvalue weighted by Crippen LogP contribution is -2.56. The van der Waals surface area contributed by atoms with Gasteiger partial charge >= 0.3 is 0 Å². The van der Waals surface area contributed by atoms with Gasteiger partial charge in [0.2, 0.25) is 0 Å². The SMILES string of the molecule is CCC(C)NC1(CN)CC(C)N(C2CC2)C1. The maximum absolute atomic E-state index is 6.03. The van der Waals surface area contributed by atoms with Gasteiger partial charge in [0.25, 0.3) is 0 Å². The first-order chi connectivity index (χ1) is 7.60. The van der Waals surface area contributed by atoms with E-state index in [0.29, 0.717) is 12.1 Å². The van der Waals surface area contributed by atoms with E-state index in [9.17, 15) is 0 Å². The van der Waals surface area contributed by atoms with Gasteiger partial charge in [0.05, 0.1) is 0 Å². The zero-order valence-electron chi connectivity index (χ0n) is 11.0. The molecule has 0 bridgehead atoms. The lowest BCUT2D eigenvalue weighted by atomic mass is 9.95. The molecule has 0 aromatic rings. The molecule has 3 N–H and O–H groups in total. The summed E-state index contributed by atoms with van der Waals surface area (Å²) in [5, 5.41) is 3.77. The Balaban J connectivity index is 1.99. The zero-order chi connectivity index (χ0) is 11.8. The van der Waals surface area contributed by atoms with Crippen LogP contribution in [0.4, 0.5) is 0 Å². The summed E-state index contributed by atoms with van der Waals surface area (Å²) >= 11 is 0. The van der Waals surface area contributed by atoms with Gasteiger partial charge in [-0.3, -0.25) is 4.90 Å². The highest BCUT2D eigenvalue weighted by Gasteiger charge is 2.46. The average molecular weight is 225 g/mol. The van der Waals surface area contributed by atoms with Gasteiger partial charge in [-0.2, -0.15) is 0 Å². The largest absolute Gasteiger partial charge is 0.329 e. The summed E-state index contributed by atoms with van der Waals surface area (Å²) < 4.78 is 0. The van der Waals surface area contributed by atoms with E-state index in [1.165, 1.54) is 25.7 Å².